The summed E-state index contributed by atoms with van der Waals surface area (Å²) < 4.78 is 2.07. The van der Waals surface area contributed by atoms with Gasteiger partial charge in [-0.2, -0.15) is 5.26 Å². The maximum Gasteiger partial charge on any atom is 0.230 e. The van der Waals surface area contributed by atoms with Gasteiger partial charge < -0.3 is 14.6 Å². The van der Waals surface area contributed by atoms with Gasteiger partial charge in [0.05, 0.1) is 29.8 Å². The van der Waals surface area contributed by atoms with Crippen molar-refractivity contribution in [3.8, 4) is 6.07 Å². The molecule has 1 N–H and O–H groups in total. The van der Waals surface area contributed by atoms with E-state index in [2.05, 4.69) is 10.6 Å². The van der Waals surface area contributed by atoms with Gasteiger partial charge in [0.2, 0.25) is 5.91 Å². The quantitative estimate of drug-likeness (QED) is 0.575. The number of aromatic nitrogens is 2. The second kappa shape index (κ2) is 8.86. The Kier molecular flexibility index (Phi) is 6.03. The van der Waals surface area contributed by atoms with Crippen molar-refractivity contribution in [2.75, 3.05) is 4.90 Å². The van der Waals surface area contributed by atoms with Crippen molar-refractivity contribution < 1.29 is 9.90 Å². The van der Waals surface area contributed by atoms with Crippen LogP contribution in [0, 0.1) is 17.2 Å². The zero-order valence-corrected chi connectivity index (χ0v) is 17.3. The van der Waals surface area contributed by atoms with Crippen LogP contribution in [0.25, 0.3) is 11.0 Å². The molecule has 0 aliphatic heterocycles. The Labute approximate surface area is 180 Å². The molecule has 1 aliphatic carbocycles. The van der Waals surface area contributed by atoms with Gasteiger partial charge in [0.1, 0.15) is 5.82 Å². The normalized spacial score (nSPS) is 18.0. The van der Waals surface area contributed by atoms with E-state index in [0.29, 0.717) is 43.8 Å². The number of aliphatic hydroxyl groups excluding tert-OH is 1. The Hall–Kier alpha value is -2.88. The summed E-state index contributed by atoms with van der Waals surface area (Å²) in [6, 6.07) is 17.3. The van der Waals surface area contributed by atoms with Crippen molar-refractivity contribution >= 4 is 34.2 Å². The molecule has 7 heteroatoms. The zero-order valence-electron chi connectivity index (χ0n) is 16.5. The number of halogens is 1. The highest BCUT2D eigenvalue weighted by molar-refractivity contribution is 6.31. The second-order valence-electron chi connectivity index (χ2n) is 7.66. The SMILES string of the molecule is N#CCCCn1c(CN(c2ccccc2)C(=O)[C@H]2C[C@H](O)C2)nc2cc(Cl)ccc21. The van der Waals surface area contributed by atoms with Crippen LogP contribution in [0.1, 0.15) is 31.5 Å². The molecule has 1 saturated carbocycles. The molecule has 0 radical (unpaired) electrons. The average Bonchev–Trinajstić information content (AvgIpc) is 3.06. The fraction of sp³-hybridized carbons (Fsp3) is 0.348. The minimum absolute atomic E-state index is 0.000151. The number of rotatable bonds is 7. The molecule has 1 amide bonds. The van der Waals surface area contributed by atoms with Crippen LogP contribution in [0.4, 0.5) is 5.69 Å². The van der Waals surface area contributed by atoms with Crippen LogP contribution < -0.4 is 4.90 Å². The largest absolute Gasteiger partial charge is 0.393 e. The van der Waals surface area contributed by atoms with E-state index in [1.165, 1.54) is 0 Å². The lowest BCUT2D eigenvalue weighted by atomic mass is 9.81. The lowest BCUT2D eigenvalue weighted by molar-refractivity contribution is -0.128. The first-order valence-electron chi connectivity index (χ1n) is 10.1. The van der Waals surface area contributed by atoms with Gasteiger partial charge >= 0.3 is 0 Å². The number of anilines is 1. The molecule has 3 aromatic rings. The van der Waals surface area contributed by atoms with Crippen LogP contribution >= 0.6 is 11.6 Å². The molecule has 0 unspecified atom stereocenters. The summed E-state index contributed by atoms with van der Waals surface area (Å²) in [5.41, 5.74) is 2.51. The lowest BCUT2D eigenvalue weighted by Gasteiger charge is -2.35. The number of aliphatic hydroxyl groups is 1. The number of fused-ring (bicyclic) bond motifs is 1. The third-order valence-corrected chi connectivity index (χ3v) is 5.79. The van der Waals surface area contributed by atoms with Crippen LogP contribution in [0.15, 0.2) is 48.5 Å². The summed E-state index contributed by atoms with van der Waals surface area (Å²) in [6.07, 6.45) is 1.75. The van der Waals surface area contributed by atoms with Crippen molar-refractivity contribution in [3.05, 3.63) is 59.4 Å². The first-order valence-corrected chi connectivity index (χ1v) is 10.5. The molecule has 1 heterocycles. The third kappa shape index (κ3) is 4.18. The summed E-state index contributed by atoms with van der Waals surface area (Å²) in [7, 11) is 0. The standard InChI is InChI=1S/C23H23ClN4O2/c24-17-8-9-21-20(14-17)26-22(27(21)11-5-4-10-25)15-28(18-6-2-1-3-7-18)23(30)16-12-19(29)13-16/h1-3,6-9,14,16,19,29H,4-5,11-13,15H2/t16-,19-. The highest BCUT2D eigenvalue weighted by Crippen LogP contribution is 2.32. The van der Waals surface area contributed by atoms with E-state index in [1.54, 1.807) is 4.90 Å². The van der Waals surface area contributed by atoms with Gasteiger partial charge in [-0.25, -0.2) is 4.98 Å². The van der Waals surface area contributed by atoms with Crippen LogP contribution in [0.2, 0.25) is 5.02 Å². The molecule has 30 heavy (non-hydrogen) atoms. The molecule has 154 valence electrons. The number of hydrogen-bond acceptors (Lipinski definition) is 4. The van der Waals surface area contributed by atoms with Crippen LogP contribution in [0.3, 0.4) is 0 Å². The number of para-hydroxylation sites is 1. The van der Waals surface area contributed by atoms with Crippen molar-refractivity contribution in [3.63, 3.8) is 0 Å². The molecule has 4 rings (SSSR count). The number of nitrogens with zero attached hydrogens (tertiary/aromatic N) is 4. The van der Waals surface area contributed by atoms with Gasteiger partial charge in [-0.05, 0) is 49.6 Å². The molecular weight excluding hydrogens is 400 g/mol. The fourth-order valence-corrected chi connectivity index (χ4v) is 4.06. The number of unbranched alkanes of at least 4 members (excludes halogenated alkanes) is 1. The molecular formula is C23H23ClN4O2. The minimum atomic E-state index is -0.394. The van der Waals surface area contributed by atoms with Gasteiger partial charge in [0.25, 0.3) is 0 Å². The molecule has 0 bridgehead atoms. The maximum absolute atomic E-state index is 13.2. The molecule has 0 atom stereocenters. The van der Waals surface area contributed by atoms with Crippen molar-refractivity contribution in [2.24, 2.45) is 5.92 Å². The average molecular weight is 423 g/mol. The Bertz CT molecular complexity index is 1080. The third-order valence-electron chi connectivity index (χ3n) is 5.56. The maximum atomic E-state index is 13.2. The lowest BCUT2D eigenvalue weighted by Crippen LogP contribution is -2.44. The number of imidazole rings is 1. The second-order valence-corrected chi connectivity index (χ2v) is 8.09. The van der Waals surface area contributed by atoms with Crippen molar-refractivity contribution in [2.45, 2.75) is 44.9 Å². The predicted octanol–water partition coefficient (Wildman–Crippen LogP) is 4.30. The van der Waals surface area contributed by atoms with E-state index in [4.69, 9.17) is 21.8 Å². The molecule has 1 fully saturated rings. The molecule has 1 aromatic heterocycles. The Balaban J connectivity index is 1.70. The van der Waals surface area contributed by atoms with Gasteiger partial charge in [-0.15, -0.1) is 0 Å². The first kappa shape index (κ1) is 20.4. The smallest absolute Gasteiger partial charge is 0.230 e. The number of benzene rings is 2. The molecule has 0 spiro atoms. The van der Waals surface area contributed by atoms with Gasteiger partial charge in [-0.1, -0.05) is 29.8 Å². The van der Waals surface area contributed by atoms with Crippen molar-refractivity contribution in [1.29, 1.82) is 5.26 Å². The summed E-state index contributed by atoms with van der Waals surface area (Å²) in [4.78, 5) is 19.8. The highest BCUT2D eigenvalue weighted by atomic mass is 35.5. The van der Waals surface area contributed by atoms with Crippen LogP contribution in [0.5, 0.6) is 0 Å². The highest BCUT2D eigenvalue weighted by Gasteiger charge is 2.36. The fourth-order valence-electron chi connectivity index (χ4n) is 3.89. The monoisotopic (exact) mass is 422 g/mol. The number of carbonyl (C=O) groups excluding carboxylic acids is 1. The van der Waals surface area contributed by atoms with Crippen LogP contribution in [-0.2, 0) is 17.9 Å². The van der Waals surface area contributed by atoms with E-state index < -0.39 is 6.10 Å². The molecule has 2 aromatic carbocycles. The number of amides is 1. The molecule has 1 aliphatic rings. The summed E-state index contributed by atoms with van der Waals surface area (Å²) in [5.74, 6) is 0.577. The van der Waals surface area contributed by atoms with E-state index >= 15 is 0 Å². The van der Waals surface area contributed by atoms with Gasteiger partial charge in [-0.3, -0.25) is 4.79 Å². The number of hydrogen-bond donors (Lipinski definition) is 1. The Morgan fingerprint density at radius 1 is 1.27 bits per heavy atom. The zero-order chi connectivity index (χ0) is 21.1. The summed E-state index contributed by atoms with van der Waals surface area (Å²) >= 11 is 6.16. The molecule has 0 saturated heterocycles. The molecule has 6 nitrogen and oxygen atoms in total. The van der Waals surface area contributed by atoms with E-state index in [1.807, 2.05) is 48.5 Å². The number of aryl methyl sites for hydroxylation is 1. The first-order chi connectivity index (χ1) is 14.6. The number of carbonyl (C=O) groups is 1. The van der Waals surface area contributed by atoms with E-state index in [-0.39, 0.29) is 11.8 Å². The number of nitriles is 1. The van der Waals surface area contributed by atoms with E-state index in [0.717, 1.165) is 22.5 Å². The van der Waals surface area contributed by atoms with E-state index in [9.17, 15) is 9.90 Å². The van der Waals surface area contributed by atoms with Crippen molar-refractivity contribution in [1.82, 2.24) is 9.55 Å². The summed E-state index contributed by atoms with van der Waals surface area (Å²) in [6.45, 7) is 0.953. The topological polar surface area (TPSA) is 82.2 Å². The van der Waals surface area contributed by atoms with Gasteiger partial charge in [0, 0.05) is 29.6 Å². The summed E-state index contributed by atoms with van der Waals surface area (Å²) in [5, 5.41) is 19.2. The minimum Gasteiger partial charge on any atom is -0.393 e. The van der Waals surface area contributed by atoms with Crippen LogP contribution in [-0.4, -0.2) is 26.7 Å². The Morgan fingerprint density at radius 3 is 2.73 bits per heavy atom. The van der Waals surface area contributed by atoms with Gasteiger partial charge in [0.15, 0.2) is 0 Å². The predicted molar refractivity (Wildman–Crippen MR) is 116 cm³/mol. The Morgan fingerprint density at radius 2 is 2.03 bits per heavy atom.